The molecule has 3 heterocycles. The van der Waals surface area contributed by atoms with E-state index in [0.717, 1.165) is 6.42 Å². The molecule has 10 heteroatoms. The highest BCUT2D eigenvalue weighted by molar-refractivity contribution is 7.12. The van der Waals surface area contributed by atoms with Gasteiger partial charge in [-0.05, 0) is 59.8 Å². The summed E-state index contributed by atoms with van der Waals surface area (Å²) < 4.78 is 15.5. The Morgan fingerprint density at radius 2 is 2.17 bits per heavy atom. The molecule has 1 atom stereocenters. The molecule has 1 N–H and O–H groups in total. The van der Waals surface area contributed by atoms with Crippen LogP contribution in [-0.4, -0.2) is 50.0 Å². The number of rotatable bonds is 4. The molecule has 1 saturated heterocycles. The second-order valence-corrected chi connectivity index (χ2v) is 7.81. The quantitative estimate of drug-likeness (QED) is 0.709. The van der Waals surface area contributed by atoms with Gasteiger partial charge in [0.1, 0.15) is 11.5 Å². The number of hydrogen-bond donors (Lipinski definition) is 1. The van der Waals surface area contributed by atoms with Gasteiger partial charge in [-0.1, -0.05) is 6.07 Å². The number of tetrazole rings is 1. The first-order chi connectivity index (χ1) is 14.0. The largest absolute Gasteiger partial charge is 0.337 e. The first-order valence-electron chi connectivity index (χ1n) is 9.21. The number of amides is 2. The summed E-state index contributed by atoms with van der Waals surface area (Å²) in [6.45, 7) is 2.66. The second-order valence-electron chi connectivity index (χ2n) is 6.86. The van der Waals surface area contributed by atoms with E-state index in [0.29, 0.717) is 35.9 Å². The number of anilines is 1. The van der Waals surface area contributed by atoms with E-state index < -0.39 is 5.82 Å². The van der Waals surface area contributed by atoms with Gasteiger partial charge in [0.2, 0.25) is 5.91 Å². The van der Waals surface area contributed by atoms with Crippen LogP contribution >= 0.6 is 11.3 Å². The highest BCUT2D eigenvalue weighted by Gasteiger charge is 2.29. The van der Waals surface area contributed by atoms with E-state index in [1.807, 2.05) is 11.4 Å². The number of halogens is 1. The van der Waals surface area contributed by atoms with Crippen molar-refractivity contribution in [3.63, 3.8) is 0 Å². The molecule has 1 unspecified atom stereocenters. The second kappa shape index (κ2) is 8.08. The van der Waals surface area contributed by atoms with E-state index in [9.17, 15) is 14.0 Å². The predicted molar refractivity (Wildman–Crippen MR) is 105 cm³/mol. The number of benzene rings is 1. The Labute approximate surface area is 170 Å². The Bertz CT molecular complexity index is 1040. The lowest BCUT2D eigenvalue weighted by Crippen LogP contribution is -2.43. The van der Waals surface area contributed by atoms with Crippen LogP contribution < -0.4 is 5.32 Å². The van der Waals surface area contributed by atoms with Crippen molar-refractivity contribution in [3.8, 4) is 5.69 Å². The molecule has 0 bridgehead atoms. The molecule has 1 aliphatic heterocycles. The first-order valence-corrected chi connectivity index (χ1v) is 10.1. The van der Waals surface area contributed by atoms with Crippen LogP contribution in [0.1, 0.15) is 28.3 Å². The minimum absolute atomic E-state index is 0.0456. The summed E-state index contributed by atoms with van der Waals surface area (Å²) in [4.78, 5) is 27.8. The molecule has 4 rings (SSSR count). The number of likely N-dealkylation sites (tertiary alicyclic amines) is 1. The van der Waals surface area contributed by atoms with Crippen molar-refractivity contribution >= 4 is 28.8 Å². The third-order valence-corrected chi connectivity index (χ3v) is 5.74. The van der Waals surface area contributed by atoms with Gasteiger partial charge in [-0.2, -0.15) is 4.68 Å². The Morgan fingerprint density at radius 1 is 1.31 bits per heavy atom. The summed E-state index contributed by atoms with van der Waals surface area (Å²) in [5.41, 5.74) is 0.603. The van der Waals surface area contributed by atoms with Crippen LogP contribution in [0.15, 0.2) is 35.7 Å². The molecule has 0 aliphatic carbocycles. The Kier molecular flexibility index (Phi) is 5.34. The number of piperidine rings is 1. The maximum absolute atomic E-state index is 14.2. The number of aryl methyl sites for hydroxylation is 1. The van der Waals surface area contributed by atoms with Gasteiger partial charge in [0.25, 0.3) is 5.91 Å². The molecule has 8 nitrogen and oxygen atoms in total. The molecule has 29 heavy (non-hydrogen) atoms. The summed E-state index contributed by atoms with van der Waals surface area (Å²) in [5.74, 6) is -0.627. The van der Waals surface area contributed by atoms with Crippen molar-refractivity contribution < 1.29 is 14.0 Å². The number of thiophene rings is 1. The molecule has 0 radical (unpaired) electrons. The Morgan fingerprint density at radius 3 is 2.90 bits per heavy atom. The minimum atomic E-state index is -0.496. The highest BCUT2D eigenvalue weighted by atomic mass is 32.1. The number of aromatic nitrogens is 4. The normalized spacial score (nSPS) is 16.6. The fourth-order valence-electron chi connectivity index (χ4n) is 3.38. The fourth-order valence-corrected chi connectivity index (χ4v) is 4.07. The lowest BCUT2D eigenvalue weighted by Gasteiger charge is -2.31. The van der Waals surface area contributed by atoms with Crippen LogP contribution in [0, 0.1) is 18.7 Å². The third kappa shape index (κ3) is 4.02. The zero-order valence-electron chi connectivity index (χ0n) is 15.7. The van der Waals surface area contributed by atoms with Gasteiger partial charge >= 0.3 is 0 Å². The van der Waals surface area contributed by atoms with E-state index in [-0.39, 0.29) is 23.4 Å². The summed E-state index contributed by atoms with van der Waals surface area (Å²) >= 11 is 1.39. The fraction of sp³-hybridized carbons (Fsp3) is 0.316. The van der Waals surface area contributed by atoms with Crippen LogP contribution in [0.5, 0.6) is 0 Å². The molecular formula is C19H19FN6O2S. The molecular weight excluding hydrogens is 395 g/mol. The van der Waals surface area contributed by atoms with Crippen LogP contribution in [-0.2, 0) is 4.79 Å². The molecule has 3 aromatic rings. The van der Waals surface area contributed by atoms with Gasteiger partial charge in [0, 0.05) is 18.8 Å². The average molecular weight is 414 g/mol. The maximum Gasteiger partial charge on any atom is 0.263 e. The summed E-state index contributed by atoms with van der Waals surface area (Å²) in [7, 11) is 0. The molecule has 1 aromatic carbocycles. The van der Waals surface area contributed by atoms with E-state index in [1.165, 1.54) is 34.2 Å². The van der Waals surface area contributed by atoms with Crippen LogP contribution in [0.2, 0.25) is 0 Å². The summed E-state index contributed by atoms with van der Waals surface area (Å²) in [6.07, 6.45) is 1.45. The molecule has 1 aliphatic rings. The van der Waals surface area contributed by atoms with Gasteiger partial charge in [-0.15, -0.1) is 16.4 Å². The van der Waals surface area contributed by atoms with E-state index in [2.05, 4.69) is 20.8 Å². The van der Waals surface area contributed by atoms with Gasteiger partial charge in [-0.25, -0.2) is 4.39 Å². The van der Waals surface area contributed by atoms with Crippen molar-refractivity contribution in [3.05, 3.63) is 52.2 Å². The van der Waals surface area contributed by atoms with Crippen molar-refractivity contribution in [1.29, 1.82) is 0 Å². The van der Waals surface area contributed by atoms with E-state index in [1.54, 1.807) is 17.9 Å². The highest BCUT2D eigenvalue weighted by Crippen LogP contribution is 2.23. The lowest BCUT2D eigenvalue weighted by molar-refractivity contribution is -0.121. The number of carbonyl (C=O) groups is 2. The molecule has 0 spiro atoms. The monoisotopic (exact) mass is 414 g/mol. The average Bonchev–Trinajstić information content (AvgIpc) is 3.41. The zero-order valence-corrected chi connectivity index (χ0v) is 16.5. The molecule has 2 amide bonds. The summed E-state index contributed by atoms with van der Waals surface area (Å²) in [6, 6.07) is 7.88. The number of nitrogens with one attached hydrogen (secondary N) is 1. The zero-order chi connectivity index (χ0) is 20.4. The lowest BCUT2D eigenvalue weighted by atomic mass is 9.97. The molecule has 2 aromatic heterocycles. The van der Waals surface area contributed by atoms with Crippen molar-refractivity contribution in [2.24, 2.45) is 5.92 Å². The van der Waals surface area contributed by atoms with Gasteiger partial charge in [0.05, 0.1) is 10.8 Å². The van der Waals surface area contributed by atoms with E-state index in [4.69, 9.17) is 0 Å². The number of hydrogen-bond acceptors (Lipinski definition) is 6. The topological polar surface area (TPSA) is 93.0 Å². The van der Waals surface area contributed by atoms with Crippen LogP contribution in [0.3, 0.4) is 0 Å². The van der Waals surface area contributed by atoms with Gasteiger partial charge in [0.15, 0.2) is 5.82 Å². The molecule has 1 fully saturated rings. The van der Waals surface area contributed by atoms with Crippen molar-refractivity contribution in [2.45, 2.75) is 19.8 Å². The van der Waals surface area contributed by atoms with E-state index >= 15 is 0 Å². The molecule has 150 valence electrons. The van der Waals surface area contributed by atoms with Gasteiger partial charge < -0.3 is 10.2 Å². The Hall–Kier alpha value is -3.14. The smallest absolute Gasteiger partial charge is 0.263 e. The van der Waals surface area contributed by atoms with Crippen molar-refractivity contribution in [1.82, 2.24) is 25.1 Å². The number of carbonyl (C=O) groups excluding carboxylic acids is 2. The maximum atomic E-state index is 14.2. The van der Waals surface area contributed by atoms with Gasteiger partial charge in [-0.3, -0.25) is 9.59 Å². The molecule has 0 saturated carbocycles. The predicted octanol–water partition coefficient (Wildman–Crippen LogP) is 2.66. The van der Waals surface area contributed by atoms with Crippen LogP contribution in [0.4, 0.5) is 10.1 Å². The number of nitrogens with zero attached hydrogens (tertiary/aromatic N) is 5. The van der Waals surface area contributed by atoms with Crippen LogP contribution in [0.25, 0.3) is 5.69 Å². The third-order valence-electron chi connectivity index (χ3n) is 4.88. The van der Waals surface area contributed by atoms with Crippen molar-refractivity contribution in [2.75, 3.05) is 18.4 Å². The first kappa shape index (κ1) is 19.2. The standard InChI is InChI=1S/C19H19FN6O2S/c1-12-22-23-24-26(12)16-10-14(6-7-15(16)20)21-18(27)13-4-2-8-25(11-13)19(28)17-5-3-9-29-17/h3,5-7,9-10,13H,2,4,8,11H2,1H3,(H,21,27). The Balaban J connectivity index is 1.46. The minimum Gasteiger partial charge on any atom is -0.337 e. The summed E-state index contributed by atoms with van der Waals surface area (Å²) in [5, 5.41) is 15.7. The SMILES string of the molecule is Cc1nnnn1-c1cc(NC(=O)C2CCCN(C(=O)c3cccs3)C2)ccc1F.